The molecule has 5 rings (SSSR count). The molecule has 0 aromatic carbocycles. The summed E-state index contributed by atoms with van der Waals surface area (Å²) in [6, 6.07) is 0. The highest BCUT2D eigenvalue weighted by molar-refractivity contribution is 7.99. The van der Waals surface area contributed by atoms with Crippen LogP contribution in [0.5, 0.6) is 0 Å². The number of aromatic nitrogens is 2. The quantitative estimate of drug-likeness (QED) is 0.715. The smallest absolute Gasteiger partial charge is 0.167 e. The van der Waals surface area contributed by atoms with Gasteiger partial charge in [0.1, 0.15) is 5.78 Å². The van der Waals surface area contributed by atoms with Gasteiger partial charge in [0, 0.05) is 43.5 Å². The summed E-state index contributed by atoms with van der Waals surface area (Å²) in [7, 11) is 2.03. The molecule has 0 spiro atoms. The lowest BCUT2D eigenvalue weighted by Gasteiger charge is -2.61. The minimum Gasteiger partial charge on any atom is -0.388 e. The number of nitrogens with zero attached hydrogens (tertiary/aromatic N) is 2. The van der Waals surface area contributed by atoms with Crippen molar-refractivity contribution in [3.05, 3.63) is 12.4 Å². The molecule has 1 heterocycles. The monoisotopic (exact) mass is 416 g/mol. The summed E-state index contributed by atoms with van der Waals surface area (Å²) in [5.74, 6) is 3.95. The number of carbonyl (C=O) groups excluding carboxylic acids is 1. The van der Waals surface area contributed by atoms with Gasteiger partial charge in [-0.25, -0.2) is 4.98 Å². The van der Waals surface area contributed by atoms with Crippen molar-refractivity contribution in [3.63, 3.8) is 0 Å². The number of thioether (sulfide) groups is 1. The van der Waals surface area contributed by atoms with E-state index in [9.17, 15) is 9.90 Å². The van der Waals surface area contributed by atoms with Crippen LogP contribution in [0.1, 0.15) is 71.6 Å². The van der Waals surface area contributed by atoms with Gasteiger partial charge in [-0.15, -0.1) is 0 Å². The number of hydrogen-bond acceptors (Lipinski definition) is 4. The zero-order valence-corrected chi connectivity index (χ0v) is 19.0. The van der Waals surface area contributed by atoms with Crippen LogP contribution >= 0.6 is 11.8 Å². The first-order valence-electron chi connectivity index (χ1n) is 11.6. The van der Waals surface area contributed by atoms with Crippen LogP contribution in [-0.4, -0.2) is 31.8 Å². The highest BCUT2D eigenvalue weighted by Gasteiger charge is 2.64. The first-order valence-corrected chi connectivity index (χ1v) is 12.6. The molecule has 0 amide bonds. The maximum absolute atomic E-state index is 12.1. The zero-order chi connectivity index (χ0) is 20.4. The van der Waals surface area contributed by atoms with E-state index in [0.29, 0.717) is 23.0 Å². The standard InChI is InChI=1S/C24H36N2O2S/c1-22-9-6-17(27)14-16(22)4-5-18-19(22)7-10-23(2)20(18)8-11-24(23,28)15-29-21-25-12-13-26(21)3/h12-13,16,18-20,28H,4-11,14-15H2,1-3H3/t16-,18-,19+,20-,22+,23-,24-/m1/s1. The minimum atomic E-state index is -0.598. The van der Waals surface area contributed by atoms with Crippen LogP contribution in [0.4, 0.5) is 0 Å². The van der Waals surface area contributed by atoms with Crippen LogP contribution in [0.15, 0.2) is 17.6 Å². The van der Waals surface area contributed by atoms with Crippen LogP contribution in [0.2, 0.25) is 0 Å². The van der Waals surface area contributed by atoms with Crippen molar-refractivity contribution in [2.75, 3.05) is 5.75 Å². The van der Waals surface area contributed by atoms with E-state index < -0.39 is 5.60 Å². The van der Waals surface area contributed by atoms with Crippen molar-refractivity contribution in [1.29, 1.82) is 0 Å². The molecule has 29 heavy (non-hydrogen) atoms. The number of aryl methyl sites for hydroxylation is 1. The zero-order valence-electron chi connectivity index (χ0n) is 18.2. The summed E-state index contributed by atoms with van der Waals surface area (Å²) in [5.41, 5.74) is -0.236. The Morgan fingerprint density at radius 3 is 2.72 bits per heavy atom. The van der Waals surface area contributed by atoms with Gasteiger partial charge in [0.05, 0.1) is 5.60 Å². The summed E-state index contributed by atoms with van der Waals surface area (Å²) in [6.07, 6.45) is 13.5. The number of rotatable bonds is 3. The Morgan fingerprint density at radius 2 is 1.97 bits per heavy atom. The Bertz CT molecular complexity index is 809. The van der Waals surface area contributed by atoms with Crippen molar-refractivity contribution >= 4 is 17.5 Å². The van der Waals surface area contributed by atoms with Crippen LogP contribution in [-0.2, 0) is 11.8 Å². The fraction of sp³-hybridized carbons (Fsp3) is 0.833. The van der Waals surface area contributed by atoms with Crippen molar-refractivity contribution < 1.29 is 9.90 Å². The Labute approximate surface area is 179 Å². The molecule has 1 aromatic heterocycles. The van der Waals surface area contributed by atoms with E-state index in [1.54, 1.807) is 11.8 Å². The third-order valence-electron chi connectivity index (χ3n) is 10.0. The van der Waals surface area contributed by atoms with Crippen molar-refractivity contribution in [2.24, 2.45) is 41.5 Å². The van der Waals surface area contributed by atoms with Crippen molar-refractivity contribution in [2.45, 2.75) is 82.4 Å². The molecule has 1 aromatic rings. The fourth-order valence-electron chi connectivity index (χ4n) is 8.07. The van der Waals surface area contributed by atoms with E-state index in [4.69, 9.17) is 0 Å². The molecule has 0 aliphatic heterocycles. The number of hydrogen-bond donors (Lipinski definition) is 1. The molecular formula is C24H36N2O2S. The van der Waals surface area contributed by atoms with Crippen LogP contribution < -0.4 is 0 Å². The lowest BCUT2D eigenvalue weighted by molar-refractivity contribution is -0.152. The van der Waals surface area contributed by atoms with E-state index in [2.05, 4.69) is 18.8 Å². The predicted molar refractivity (Wildman–Crippen MR) is 116 cm³/mol. The van der Waals surface area contributed by atoms with Gasteiger partial charge in [-0.2, -0.15) is 0 Å². The number of aliphatic hydroxyl groups is 1. The number of fused-ring (bicyclic) bond motifs is 5. The molecule has 0 bridgehead atoms. The topological polar surface area (TPSA) is 55.1 Å². The number of imidazole rings is 1. The van der Waals surface area contributed by atoms with Crippen LogP contribution in [0.3, 0.4) is 0 Å². The molecule has 4 aliphatic rings. The summed E-state index contributed by atoms with van der Waals surface area (Å²) in [4.78, 5) is 16.5. The highest BCUT2D eigenvalue weighted by Crippen LogP contribution is 2.68. The first kappa shape index (κ1) is 20.1. The molecule has 0 unspecified atom stereocenters. The Kier molecular flexibility index (Phi) is 4.75. The summed E-state index contributed by atoms with van der Waals surface area (Å²) in [5, 5.41) is 12.9. The van der Waals surface area contributed by atoms with Gasteiger partial charge in [0.25, 0.3) is 0 Å². The highest BCUT2D eigenvalue weighted by atomic mass is 32.2. The Morgan fingerprint density at radius 1 is 1.17 bits per heavy atom. The largest absolute Gasteiger partial charge is 0.388 e. The van der Waals surface area contributed by atoms with Gasteiger partial charge in [-0.05, 0) is 74.0 Å². The lowest BCUT2D eigenvalue weighted by Crippen LogP contribution is -2.57. The Balaban J connectivity index is 1.36. The van der Waals surface area contributed by atoms with E-state index in [-0.39, 0.29) is 5.41 Å². The van der Waals surface area contributed by atoms with Crippen LogP contribution in [0, 0.1) is 34.5 Å². The van der Waals surface area contributed by atoms with Gasteiger partial charge in [-0.1, -0.05) is 25.6 Å². The average Bonchev–Trinajstić information content (AvgIpc) is 3.22. The van der Waals surface area contributed by atoms with E-state index in [1.165, 1.54) is 19.3 Å². The Hall–Kier alpha value is -0.810. The molecule has 4 fully saturated rings. The van der Waals surface area contributed by atoms with E-state index in [1.807, 2.05) is 24.0 Å². The van der Waals surface area contributed by atoms with Gasteiger partial charge >= 0.3 is 0 Å². The summed E-state index contributed by atoms with van der Waals surface area (Å²) in [6.45, 7) is 4.89. The van der Waals surface area contributed by atoms with Gasteiger partial charge in [0.2, 0.25) is 0 Å². The van der Waals surface area contributed by atoms with Gasteiger partial charge < -0.3 is 9.67 Å². The summed E-state index contributed by atoms with van der Waals surface area (Å²) >= 11 is 1.72. The van der Waals surface area contributed by atoms with Crippen molar-refractivity contribution in [1.82, 2.24) is 9.55 Å². The SMILES string of the molecule is Cn1ccnc1SC[C@]1(O)CC[C@@H]2[C@@H]3CC[C@@H]4CC(=O)CC[C@]4(C)[C@H]3CC[C@]21C. The maximum atomic E-state index is 12.1. The second-order valence-corrected chi connectivity index (χ2v) is 12.0. The number of ketones is 1. The summed E-state index contributed by atoms with van der Waals surface area (Å²) < 4.78 is 2.05. The minimum absolute atomic E-state index is 0.0139. The fourth-order valence-corrected chi connectivity index (χ4v) is 9.31. The first-order chi connectivity index (χ1) is 13.8. The predicted octanol–water partition coefficient (Wildman–Crippen LogP) is 4.86. The maximum Gasteiger partial charge on any atom is 0.167 e. The van der Waals surface area contributed by atoms with Gasteiger partial charge in [0.15, 0.2) is 5.16 Å². The van der Waals surface area contributed by atoms with Gasteiger partial charge in [-0.3, -0.25) is 4.79 Å². The molecule has 1 N–H and O–H groups in total. The van der Waals surface area contributed by atoms with Crippen LogP contribution in [0.25, 0.3) is 0 Å². The molecule has 160 valence electrons. The third-order valence-corrected chi connectivity index (χ3v) is 11.3. The normalized spacial score (nSPS) is 46.8. The third kappa shape index (κ3) is 2.90. The molecule has 5 heteroatoms. The molecule has 4 aliphatic carbocycles. The molecule has 4 nitrogen and oxygen atoms in total. The van der Waals surface area contributed by atoms with E-state index >= 15 is 0 Å². The lowest BCUT2D eigenvalue weighted by atomic mass is 9.44. The number of carbonyl (C=O) groups is 1. The molecule has 0 saturated heterocycles. The van der Waals surface area contributed by atoms with E-state index in [0.717, 1.165) is 61.3 Å². The number of Topliss-reactive ketones (excluding diaryl/α,β-unsaturated/α-hetero) is 1. The second kappa shape index (κ2) is 6.85. The second-order valence-electron chi connectivity index (χ2n) is 11.0. The average molecular weight is 417 g/mol. The molecule has 0 radical (unpaired) electrons. The van der Waals surface area contributed by atoms with Crippen molar-refractivity contribution in [3.8, 4) is 0 Å². The molecule has 4 saturated carbocycles. The molecular weight excluding hydrogens is 380 g/mol. The molecule has 7 atom stereocenters.